The number of ether oxygens (including phenoxy) is 3. The summed E-state index contributed by atoms with van der Waals surface area (Å²) in [7, 11) is 0. The summed E-state index contributed by atoms with van der Waals surface area (Å²) in [6, 6.07) is 0. The van der Waals surface area contributed by atoms with Gasteiger partial charge in [0.05, 0.1) is 0 Å². The van der Waals surface area contributed by atoms with Crippen LogP contribution in [0.4, 0.5) is 0 Å². The van der Waals surface area contributed by atoms with Crippen molar-refractivity contribution in [2.75, 3.05) is 13.2 Å². The van der Waals surface area contributed by atoms with E-state index in [9.17, 15) is 14.4 Å². The van der Waals surface area contributed by atoms with Gasteiger partial charge in [-0.3, -0.25) is 14.4 Å². The molecular formula is C70H118O6. The van der Waals surface area contributed by atoms with E-state index >= 15 is 0 Å². The molecule has 0 fully saturated rings. The summed E-state index contributed by atoms with van der Waals surface area (Å²) in [4.78, 5) is 38.2. The van der Waals surface area contributed by atoms with E-state index in [1.807, 2.05) is 0 Å². The molecule has 0 heterocycles. The van der Waals surface area contributed by atoms with Gasteiger partial charge in [-0.2, -0.15) is 0 Å². The van der Waals surface area contributed by atoms with Crippen LogP contribution < -0.4 is 0 Å². The molecule has 0 saturated carbocycles. The second kappa shape index (κ2) is 63.6. The van der Waals surface area contributed by atoms with E-state index in [4.69, 9.17) is 14.2 Å². The first-order valence-electron chi connectivity index (χ1n) is 31.9. The summed E-state index contributed by atoms with van der Waals surface area (Å²) >= 11 is 0. The predicted molar refractivity (Wildman–Crippen MR) is 330 cm³/mol. The standard InChI is InChI=1S/C70H118O6/c1-4-7-10-13-16-19-22-24-26-27-28-29-30-31-32-33-34-35-36-37-38-39-40-41-42-43-44-46-48-51-54-57-60-63-69(72)75-66-67(65-74-68(71)62-59-56-53-50-47-21-18-15-12-9-6-3)76-70(73)64-61-58-55-52-49-45-25-23-20-17-14-11-8-5-2/h7,10,14-19,23-26,28-29,31-32,34-35,67H,4-6,8-9,11-13,20-22,27,30,33,36-66H2,1-3H3/b10-7-,17-14-,18-15-,19-16-,25-23-,26-24-,29-28-,32-31-,35-34-. The molecule has 6 nitrogen and oxygen atoms in total. The van der Waals surface area contributed by atoms with E-state index < -0.39 is 6.10 Å². The fourth-order valence-corrected chi connectivity index (χ4v) is 8.68. The zero-order chi connectivity index (χ0) is 55.0. The molecule has 0 aromatic rings. The lowest BCUT2D eigenvalue weighted by molar-refractivity contribution is -0.167. The van der Waals surface area contributed by atoms with Gasteiger partial charge in [0.1, 0.15) is 13.2 Å². The first-order valence-corrected chi connectivity index (χ1v) is 31.9. The predicted octanol–water partition coefficient (Wildman–Crippen LogP) is 21.8. The third-order valence-electron chi connectivity index (χ3n) is 13.5. The fraction of sp³-hybridized carbons (Fsp3) is 0.700. The Balaban J connectivity index is 4.15. The summed E-state index contributed by atoms with van der Waals surface area (Å²) < 4.78 is 16.9. The molecule has 0 aliphatic heterocycles. The van der Waals surface area contributed by atoms with Crippen molar-refractivity contribution in [2.45, 2.75) is 303 Å². The Morgan fingerprint density at radius 3 is 0.816 bits per heavy atom. The monoisotopic (exact) mass is 1050 g/mol. The zero-order valence-corrected chi connectivity index (χ0v) is 49.7. The highest BCUT2D eigenvalue weighted by molar-refractivity contribution is 5.71. The molecule has 0 aromatic carbocycles. The first kappa shape index (κ1) is 72.1. The van der Waals surface area contributed by atoms with Gasteiger partial charge in [-0.1, -0.05) is 271 Å². The van der Waals surface area contributed by atoms with Gasteiger partial charge in [0.15, 0.2) is 6.10 Å². The van der Waals surface area contributed by atoms with E-state index in [0.717, 1.165) is 128 Å². The molecule has 0 N–H and O–H groups in total. The van der Waals surface area contributed by atoms with Crippen LogP contribution in [0.5, 0.6) is 0 Å². The van der Waals surface area contributed by atoms with E-state index in [1.54, 1.807) is 0 Å². The SMILES string of the molecule is CC/C=C\C/C=C\C/C=C\C/C=C\C/C=C\C/C=C\CCCCCCCCCCCCCCCCC(=O)OCC(COC(=O)CCCCCCC/C=C\CCCC)OC(=O)CCCCCCC/C=C\C/C=C\CCCC. The Labute approximate surface area is 470 Å². The van der Waals surface area contributed by atoms with Gasteiger partial charge >= 0.3 is 17.9 Å². The molecule has 76 heavy (non-hydrogen) atoms. The molecule has 0 rings (SSSR count). The largest absolute Gasteiger partial charge is 0.462 e. The Bertz CT molecular complexity index is 1540. The molecule has 0 saturated heterocycles. The number of carbonyl (C=O) groups excluding carboxylic acids is 3. The van der Waals surface area contributed by atoms with E-state index in [-0.39, 0.29) is 31.1 Å². The van der Waals surface area contributed by atoms with Crippen LogP contribution in [-0.4, -0.2) is 37.2 Å². The number of allylic oxidation sites excluding steroid dienone is 18. The minimum Gasteiger partial charge on any atom is -0.462 e. The fourth-order valence-electron chi connectivity index (χ4n) is 8.68. The highest BCUT2D eigenvalue weighted by Gasteiger charge is 2.19. The third-order valence-corrected chi connectivity index (χ3v) is 13.5. The van der Waals surface area contributed by atoms with Gasteiger partial charge in [0, 0.05) is 19.3 Å². The highest BCUT2D eigenvalue weighted by Crippen LogP contribution is 2.16. The Morgan fingerprint density at radius 1 is 0.276 bits per heavy atom. The maximum absolute atomic E-state index is 12.8. The second-order valence-electron chi connectivity index (χ2n) is 20.9. The summed E-state index contributed by atoms with van der Waals surface area (Å²) in [5.74, 6) is -0.905. The lowest BCUT2D eigenvalue weighted by Gasteiger charge is -2.18. The quantitative estimate of drug-likeness (QED) is 0.0261. The molecule has 0 amide bonds. The lowest BCUT2D eigenvalue weighted by Crippen LogP contribution is -2.30. The molecule has 0 aromatic heterocycles. The first-order chi connectivity index (χ1) is 37.5. The second-order valence-corrected chi connectivity index (χ2v) is 20.9. The maximum Gasteiger partial charge on any atom is 0.306 e. The molecule has 0 spiro atoms. The molecule has 0 bridgehead atoms. The Morgan fingerprint density at radius 2 is 0.513 bits per heavy atom. The lowest BCUT2D eigenvalue weighted by atomic mass is 10.0. The summed E-state index contributed by atoms with van der Waals surface area (Å²) in [6.45, 7) is 6.44. The molecule has 0 radical (unpaired) electrons. The van der Waals surface area contributed by atoms with Crippen molar-refractivity contribution >= 4 is 17.9 Å². The Hall–Kier alpha value is -3.93. The van der Waals surface area contributed by atoms with Crippen molar-refractivity contribution in [3.05, 3.63) is 109 Å². The minimum atomic E-state index is -0.788. The Kier molecular flexibility index (Phi) is 60.3. The highest BCUT2D eigenvalue weighted by atomic mass is 16.6. The van der Waals surface area contributed by atoms with Crippen molar-refractivity contribution in [1.29, 1.82) is 0 Å². The number of hydrogen-bond acceptors (Lipinski definition) is 6. The van der Waals surface area contributed by atoms with Crippen LogP contribution in [-0.2, 0) is 28.6 Å². The van der Waals surface area contributed by atoms with Gasteiger partial charge in [0.25, 0.3) is 0 Å². The van der Waals surface area contributed by atoms with Crippen LogP contribution in [0.1, 0.15) is 297 Å². The number of rotatable bonds is 57. The average Bonchev–Trinajstić information content (AvgIpc) is 3.42. The normalized spacial score (nSPS) is 12.8. The van der Waals surface area contributed by atoms with Crippen LogP contribution in [0.3, 0.4) is 0 Å². The van der Waals surface area contributed by atoms with Gasteiger partial charge in [-0.25, -0.2) is 0 Å². The zero-order valence-electron chi connectivity index (χ0n) is 49.7. The van der Waals surface area contributed by atoms with Crippen LogP contribution in [0, 0.1) is 0 Å². The molecule has 434 valence electrons. The molecular weight excluding hydrogens is 937 g/mol. The number of hydrogen-bond donors (Lipinski definition) is 0. The number of esters is 3. The molecule has 1 atom stereocenters. The third kappa shape index (κ3) is 60.9. The number of unbranched alkanes of at least 4 members (excludes halogenated alkanes) is 28. The van der Waals surface area contributed by atoms with Crippen LogP contribution in [0.25, 0.3) is 0 Å². The van der Waals surface area contributed by atoms with Crippen LogP contribution >= 0.6 is 0 Å². The summed E-state index contributed by atoms with van der Waals surface area (Å²) in [6.07, 6.45) is 86.8. The van der Waals surface area contributed by atoms with Gasteiger partial charge in [-0.15, -0.1) is 0 Å². The molecule has 0 aliphatic carbocycles. The van der Waals surface area contributed by atoms with Crippen molar-refractivity contribution < 1.29 is 28.6 Å². The topological polar surface area (TPSA) is 78.9 Å². The van der Waals surface area contributed by atoms with Crippen LogP contribution in [0.2, 0.25) is 0 Å². The number of carbonyl (C=O) groups is 3. The van der Waals surface area contributed by atoms with E-state index in [2.05, 4.69) is 130 Å². The van der Waals surface area contributed by atoms with Gasteiger partial charge < -0.3 is 14.2 Å². The van der Waals surface area contributed by atoms with Crippen LogP contribution in [0.15, 0.2) is 109 Å². The minimum absolute atomic E-state index is 0.0855. The summed E-state index contributed by atoms with van der Waals surface area (Å²) in [5, 5.41) is 0. The molecule has 0 aliphatic rings. The van der Waals surface area contributed by atoms with Crippen molar-refractivity contribution in [1.82, 2.24) is 0 Å². The maximum atomic E-state index is 12.8. The van der Waals surface area contributed by atoms with Crippen molar-refractivity contribution in [3.63, 3.8) is 0 Å². The van der Waals surface area contributed by atoms with Gasteiger partial charge in [0.2, 0.25) is 0 Å². The van der Waals surface area contributed by atoms with Gasteiger partial charge in [-0.05, 0) is 116 Å². The molecule has 6 heteroatoms. The van der Waals surface area contributed by atoms with E-state index in [1.165, 1.54) is 128 Å². The van der Waals surface area contributed by atoms with Crippen molar-refractivity contribution in [2.24, 2.45) is 0 Å². The summed E-state index contributed by atoms with van der Waals surface area (Å²) in [5.41, 5.74) is 0. The molecule has 1 unspecified atom stereocenters. The smallest absolute Gasteiger partial charge is 0.306 e. The average molecular weight is 1060 g/mol. The van der Waals surface area contributed by atoms with E-state index in [0.29, 0.717) is 19.3 Å². The van der Waals surface area contributed by atoms with Crippen molar-refractivity contribution in [3.8, 4) is 0 Å².